The Labute approximate surface area is 146 Å². The van der Waals surface area contributed by atoms with Gasteiger partial charge in [-0.15, -0.1) is 0 Å². The van der Waals surface area contributed by atoms with E-state index in [1.54, 1.807) is 4.90 Å². The highest BCUT2D eigenvalue weighted by molar-refractivity contribution is 5.84. The summed E-state index contributed by atoms with van der Waals surface area (Å²) in [6.07, 6.45) is -0.919. The monoisotopic (exact) mass is 352 g/mol. The number of hydrogen-bond donors (Lipinski definition) is 0. The molecule has 0 aromatic heterocycles. The molecule has 0 aliphatic heterocycles. The van der Waals surface area contributed by atoms with Crippen LogP contribution in [-0.2, 0) is 14.3 Å². The second-order valence-electron chi connectivity index (χ2n) is 6.10. The van der Waals surface area contributed by atoms with Crippen molar-refractivity contribution in [1.82, 2.24) is 4.90 Å². The van der Waals surface area contributed by atoms with E-state index in [0.29, 0.717) is 5.75 Å². The van der Waals surface area contributed by atoms with E-state index in [0.717, 1.165) is 0 Å². The van der Waals surface area contributed by atoms with Gasteiger partial charge in [0, 0.05) is 24.2 Å². The Morgan fingerprint density at radius 3 is 2.04 bits per heavy atom. The first-order valence-corrected chi connectivity index (χ1v) is 8.02. The van der Waals surface area contributed by atoms with Gasteiger partial charge >= 0.3 is 5.97 Å². The van der Waals surface area contributed by atoms with Crippen LogP contribution in [0.1, 0.15) is 34.6 Å². The quantitative estimate of drug-likeness (QED) is 0.405. The highest BCUT2D eigenvalue weighted by atomic mass is 16.6. The van der Waals surface area contributed by atoms with Gasteiger partial charge in [-0.2, -0.15) is 0 Å². The second kappa shape index (κ2) is 9.00. The zero-order chi connectivity index (χ0) is 19.1. The Morgan fingerprint density at radius 1 is 1.08 bits per heavy atom. The number of ether oxygens (including phenoxy) is 2. The van der Waals surface area contributed by atoms with E-state index in [1.165, 1.54) is 31.2 Å². The van der Waals surface area contributed by atoms with Gasteiger partial charge in [-0.1, -0.05) is 0 Å². The molecule has 0 aliphatic carbocycles. The molecule has 1 rings (SSSR count). The molecule has 0 heterocycles. The molecule has 1 atom stereocenters. The number of benzene rings is 1. The predicted octanol–water partition coefficient (Wildman–Crippen LogP) is 2.55. The van der Waals surface area contributed by atoms with Crippen LogP contribution in [0, 0.1) is 10.1 Å². The van der Waals surface area contributed by atoms with Crippen molar-refractivity contribution in [2.45, 2.75) is 52.8 Å². The largest absolute Gasteiger partial charge is 0.482 e. The zero-order valence-electron chi connectivity index (χ0n) is 15.1. The second-order valence-corrected chi connectivity index (χ2v) is 6.10. The lowest BCUT2D eigenvalue weighted by Crippen LogP contribution is -2.47. The maximum Gasteiger partial charge on any atom is 0.344 e. The molecule has 0 saturated carbocycles. The molecule has 0 aliphatic rings. The van der Waals surface area contributed by atoms with Gasteiger partial charge in [0.15, 0.2) is 12.7 Å². The van der Waals surface area contributed by atoms with E-state index in [9.17, 15) is 19.7 Å². The molecule has 0 unspecified atom stereocenters. The molecule has 0 spiro atoms. The van der Waals surface area contributed by atoms with Crippen LogP contribution >= 0.6 is 0 Å². The van der Waals surface area contributed by atoms with Crippen LogP contribution in [0.4, 0.5) is 5.69 Å². The van der Waals surface area contributed by atoms with Crippen LogP contribution in [0.2, 0.25) is 0 Å². The summed E-state index contributed by atoms with van der Waals surface area (Å²) in [6.45, 7) is 8.70. The van der Waals surface area contributed by atoms with Gasteiger partial charge < -0.3 is 14.4 Å². The van der Waals surface area contributed by atoms with E-state index < -0.39 is 23.6 Å². The van der Waals surface area contributed by atoms with Crippen LogP contribution < -0.4 is 4.74 Å². The minimum atomic E-state index is -0.919. The number of nitro groups is 1. The first kappa shape index (κ1) is 20.4. The third-order valence-corrected chi connectivity index (χ3v) is 3.43. The summed E-state index contributed by atoms with van der Waals surface area (Å²) in [5, 5.41) is 10.6. The molecule has 1 aromatic rings. The summed E-state index contributed by atoms with van der Waals surface area (Å²) in [7, 11) is 0. The van der Waals surface area contributed by atoms with Crippen molar-refractivity contribution in [3.8, 4) is 5.75 Å². The fourth-order valence-corrected chi connectivity index (χ4v) is 2.40. The Kier molecular flexibility index (Phi) is 7.35. The fraction of sp³-hybridized carbons (Fsp3) is 0.529. The summed E-state index contributed by atoms with van der Waals surface area (Å²) in [4.78, 5) is 35.9. The summed E-state index contributed by atoms with van der Waals surface area (Å²) in [5.41, 5.74) is -0.0726. The molecule has 25 heavy (non-hydrogen) atoms. The first-order valence-electron chi connectivity index (χ1n) is 8.02. The SMILES string of the molecule is CC(C)N(C(=O)[C@@H](C)OC(=O)COc1ccc([N+](=O)[O-])cc1)C(C)C. The van der Waals surface area contributed by atoms with Gasteiger partial charge in [0.1, 0.15) is 5.75 Å². The van der Waals surface area contributed by atoms with Gasteiger partial charge in [0.05, 0.1) is 4.92 Å². The lowest BCUT2D eigenvalue weighted by molar-refractivity contribution is -0.384. The van der Waals surface area contributed by atoms with E-state index in [4.69, 9.17) is 9.47 Å². The Morgan fingerprint density at radius 2 is 1.60 bits per heavy atom. The van der Waals surface area contributed by atoms with Crippen molar-refractivity contribution in [3.05, 3.63) is 34.4 Å². The molecular formula is C17H24N2O6. The summed E-state index contributed by atoms with van der Waals surface area (Å²) in [6, 6.07) is 5.31. The van der Waals surface area contributed by atoms with Crippen LogP contribution in [0.3, 0.4) is 0 Å². The van der Waals surface area contributed by atoms with Crippen molar-refractivity contribution in [3.63, 3.8) is 0 Å². The van der Waals surface area contributed by atoms with Crippen LogP contribution in [0.25, 0.3) is 0 Å². The van der Waals surface area contributed by atoms with Crippen LogP contribution in [0.15, 0.2) is 24.3 Å². The molecule has 0 N–H and O–H groups in total. The standard InChI is InChI=1S/C17H24N2O6/c1-11(2)18(12(3)4)17(21)13(5)25-16(20)10-24-15-8-6-14(7-9-15)19(22)23/h6-9,11-13H,10H2,1-5H3/t13-/m1/s1. The van der Waals surface area contributed by atoms with Gasteiger partial charge in [-0.05, 0) is 46.8 Å². The van der Waals surface area contributed by atoms with E-state index >= 15 is 0 Å². The lowest BCUT2D eigenvalue weighted by atomic mass is 10.2. The van der Waals surface area contributed by atoms with Crippen LogP contribution in [-0.4, -0.2) is 46.5 Å². The number of esters is 1. The molecule has 0 radical (unpaired) electrons. The van der Waals surface area contributed by atoms with Crippen LogP contribution in [0.5, 0.6) is 5.75 Å². The molecule has 8 heteroatoms. The molecular weight excluding hydrogens is 328 g/mol. The molecule has 138 valence electrons. The molecule has 0 bridgehead atoms. The first-order chi connectivity index (χ1) is 11.6. The minimum absolute atomic E-state index is 0.00925. The highest BCUT2D eigenvalue weighted by Crippen LogP contribution is 2.17. The molecule has 1 aromatic carbocycles. The maximum atomic E-state index is 12.4. The number of carbonyl (C=O) groups excluding carboxylic acids is 2. The third-order valence-electron chi connectivity index (χ3n) is 3.43. The summed E-state index contributed by atoms with van der Waals surface area (Å²) < 4.78 is 10.3. The fourth-order valence-electron chi connectivity index (χ4n) is 2.40. The topological polar surface area (TPSA) is 99.0 Å². The number of non-ortho nitro benzene ring substituents is 1. The van der Waals surface area contributed by atoms with E-state index in [2.05, 4.69) is 0 Å². The average Bonchev–Trinajstić information content (AvgIpc) is 2.52. The number of hydrogen-bond acceptors (Lipinski definition) is 6. The van der Waals surface area contributed by atoms with Gasteiger partial charge in [0.25, 0.3) is 11.6 Å². The molecule has 8 nitrogen and oxygen atoms in total. The molecule has 1 amide bonds. The minimum Gasteiger partial charge on any atom is -0.482 e. The Balaban J connectivity index is 2.55. The third kappa shape index (κ3) is 6.06. The number of nitrogens with zero attached hydrogens (tertiary/aromatic N) is 2. The smallest absolute Gasteiger partial charge is 0.344 e. The van der Waals surface area contributed by atoms with Crippen molar-refractivity contribution in [1.29, 1.82) is 0 Å². The molecule has 0 saturated heterocycles. The van der Waals surface area contributed by atoms with Crippen molar-refractivity contribution >= 4 is 17.6 Å². The van der Waals surface area contributed by atoms with Gasteiger partial charge in [-0.3, -0.25) is 14.9 Å². The average molecular weight is 352 g/mol. The number of amides is 1. The molecule has 0 fully saturated rings. The summed E-state index contributed by atoms with van der Waals surface area (Å²) >= 11 is 0. The lowest BCUT2D eigenvalue weighted by Gasteiger charge is -2.32. The zero-order valence-corrected chi connectivity index (χ0v) is 15.1. The van der Waals surface area contributed by atoms with Gasteiger partial charge in [0.2, 0.25) is 0 Å². The van der Waals surface area contributed by atoms with Gasteiger partial charge in [-0.25, -0.2) is 4.79 Å². The number of rotatable bonds is 8. The number of carbonyl (C=O) groups is 2. The maximum absolute atomic E-state index is 12.4. The predicted molar refractivity (Wildman–Crippen MR) is 91.3 cm³/mol. The normalized spacial score (nSPS) is 12.0. The number of nitro benzene ring substituents is 1. The Hall–Kier alpha value is -2.64. The Bertz CT molecular complexity index is 604. The van der Waals surface area contributed by atoms with Crippen molar-refractivity contribution in [2.24, 2.45) is 0 Å². The van der Waals surface area contributed by atoms with Crippen molar-refractivity contribution < 1.29 is 24.0 Å². The summed E-state index contributed by atoms with van der Waals surface area (Å²) in [5.74, 6) is -0.659. The van der Waals surface area contributed by atoms with E-state index in [1.807, 2.05) is 27.7 Å². The van der Waals surface area contributed by atoms with E-state index in [-0.39, 0.29) is 23.7 Å². The highest BCUT2D eigenvalue weighted by Gasteiger charge is 2.27. The van der Waals surface area contributed by atoms with Crippen molar-refractivity contribution in [2.75, 3.05) is 6.61 Å².